The summed E-state index contributed by atoms with van der Waals surface area (Å²) in [4.78, 5) is 6.90. The highest BCUT2D eigenvalue weighted by atomic mass is 15.2. The second-order valence-electron chi connectivity index (χ2n) is 6.80. The van der Waals surface area contributed by atoms with Crippen LogP contribution in [0.15, 0.2) is 12.5 Å². The third-order valence-corrected chi connectivity index (χ3v) is 5.45. The molecule has 0 bridgehead atoms. The zero-order valence-electron chi connectivity index (χ0n) is 12.9. The second kappa shape index (κ2) is 5.86. The molecule has 1 saturated carbocycles. The Kier molecular flexibility index (Phi) is 4.13. The van der Waals surface area contributed by atoms with Gasteiger partial charge in [0.05, 0.1) is 6.33 Å². The smallest absolute Gasteiger partial charge is 0.0948 e. The van der Waals surface area contributed by atoms with Gasteiger partial charge < -0.3 is 14.8 Å². The van der Waals surface area contributed by atoms with Crippen LogP contribution in [-0.4, -0.2) is 47.2 Å². The summed E-state index contributed by atoms with van der Waals surface area (Å²) in [6.07, 6.45) is 12.1. The van der Waals surface area contributed by atoms with E-state index in [1.807, 2.05) is 0 Å². The van der Waals surface area contributed by atoms with Gasteiger partial charge in [0.25, 0.3) is 0 Å². The molecule has 20 heavy (non-hydrogen) atoms. The first-order valence-electron chi connectivity index (χ1n) is 8.09. The molecule has 1 saturated heterocycles. The molecule has 1 aromatic rings. The Balaban J connectivity index is 1.78. The Labute approximate surface area is 122 Å². The number of likely N-dealkylation sites (N-methyl/N-ethyl adjacent to an activating group) is 1. The predicted molar refractivity (Wildman–Crippen MR) is 82.0 cm³/mol. The van der Waals surface area contributed by atoms with E-state index in [2.05, 4.69) is 46.4 Å². The molecular weight excluding hydrogens is 248 g/mol. The minimum absolute atomic E-state index is 0.350. The Morgan fingerprint density at radius 1 is 1.30 bits per heavy atom. The van der Waals surface area contributed by atoms with Gasteiger partial charge in [0, 0.05) is 29.9 Å². The maximum atomic E-state index is 4.45. The molecule has 4 nitrogen and oxygen atoms in total. The summed E-state index contributed by atoms with van der Waals surface area (Å²) in [5, 5.41) is 3.46. The van der Waals surface area contributed by atoms with Crippen LogP contribution in [0.4, 0.5) is 0 Å². The molecule has 2 heterocycles. The lowest BCUT2D eigenvalue weighted by Gasteiger charge is -2.37. The van der Waals surface area contributed by atoms with E-state index in [0.717, 1.165) is 19.6 Å². The predicted octanol–water partition coefficient (Wildman–Crippen LogP) is 2.22. The van der Waals surface area contributed by atoms with Gasteiger partial charge in [-0.05, 0) is 52.9 Å². The molecule has 0 radical (unpaired) electrons. The van der Waals surface area contributed by atoms with Crippen LogP contribution in [0.5, 0.6) is 0 Å². The molecule has 1 aromatic heterocycles. The maximum absolute atomic E-state index is 4.45. The molecule has 112 valence electrons. The van der Waals surface area contributed by atoms with Crippen LogP contribution in [0, 0.1) is 0 Å². The summed E-state index contributed by atoms with van der Waals surface area (Å²) in [6.45, 7) is 3.41. The topological polar surface area (TPSA) is 33.1 Å². The van der Waals surface area contributed by atoms with Crippen LogP contribution in [0.1, 0.15) is 50.1 Å². The van der Waals surface area contributed by atoms with Gasteiger partial charge in [-0.1, -0.05) is 12.8 Å². The molecule has 1 N–H and O–H groups in total. The first-order valence-corrected chi connectivity index (χ1v) is 8.09. The maximum Gasteiger partial charge on any atom is 0.0948 e. The SMILES string of the molecule is CN(C)C1(Cn2cncc2C2CCNCC2)CCCC1. The van der Waals surface area contributed by atoms with E-state index >= 15 is 0 Å². The van der Waals surface area contributed by atoms with E-state index in [1.54, 1.807) is 0 Å². The van der Waals surface area contributed by atoms with Crippen LogP contribution in [-0.2, 0) is 6.54 Å². The minimum atomic E-state index is 0.350. The van der Waals surface area contributed by atoms with Gasteiger partial charge in [0.15, 0.2) is 0 Å². The van der Waals surface area contributed by atoms with Crippen molar-refractivity contribution in [3.63, 3.8) is 0 Å². The van der Waals surface area contributed by atoms with E-state index in [0.29, 0.717) is 11.5 Å². The fourth-order valence-electron chi connectivity index (χ4n) is 4.02. The molecule has 3 rings (SSSR count). The largest absolute Gasteiger partial charge is 0.332 e. The van der Waals surface area contributed by atoms with E-state index in [9.17, 15) is 0 Å². The van der Waals surface area contributed by atoms with Crippen molar-refractivity contribution in [1.29, 1.82) is 0 Å². The summed E-state index contributed by atoms with van der Waals surface area (Å²) in [7, 11) is 4.49. The summed E-state index contributed by atoms with van der Waals surface area (Å²) >= 11 is 0. The number of nitrogens with zero attached hydrogens (tertiary/aromatic N) is 3. The Morgan fingerprint density at radius 2 is 2.00 bits per heavy atom. The second-order valence-corrected chi connectivity index (χ2v) is 6.80. The number of hydrogen-bond acceptors (Lipinski definition) is 3. The number of nitrogens with one attached hydrogen (secondary N) is 1. The van der Waals surface area contributed by atoms with Gasteiger partial charge in [0.2, 0.25) is 0 Å². The molecule has 0 unspecified atom stereocenters. The van der Waals surface area contributed by atoms with Gasteiger partial charge in [-0.15, -0.1) is 0 Å². The van der Waals surface area contributed by atoms with Crippen molar-refractivity contribution in [1.82, 2.24) is 19.8 Å². The van der Waals surface area contributed by atoms with Gasteiger partial charge in [-0.3, -0.25) is 0 Å². The average Bonchev–Trinajstić information content (AvgIpc) is 3.10. The highest BCUT2D eigenvalue weighted by Crippen LogP contribution is 2.36. The van der Waals surface area contributed by atoms with Gasteiger partial charge in [-0.2, -0.15) is 0 Å². The molecule has 0 atom stereocenters. The number of piperidine rings is 1. The number of hydrogen-bond donors (Lipinski definition) is 1. The van der Waals surface area contributed by atoms with Crippen LogP contribution in [0.25, 0.3) is 0 Å². The summed E-state index contributed by atoms with van der Waals surface area (Å²) in [5.74, 6) is 0.694. The van der Waals surface area contributed by atoms with Crippen molar-refractivity contribution in [2.24, 2.45) is 0 Å². The van der Waals surface area contributed by atoms with Crippen molar-refractivity contribution in [3.8, 4) is 0 Å². The van der Waals surface area contributed by atoms with Gasteiger partial charge in [-0.25, -0.2) is 4.98 Å². The first kappa shape index (κ1) is 14.1. The molecule has 4 heteroatoms. The number of rotatable bonds is 4. The summed E-state index contributed by atoms with van der Waals surface area (Å²) in [5.41, 5.74) is 1.81. The highest BCUT2D eigenvalue weighted by molar-refractivity contribution is 5.09. The lowest BCUT2D eigenvalue weighted by Crippen LogP contribution is -2.45. The molecule has 1 aliphatic heterocycles. The molecule has 0 aromatic carbocycles. The standard InChI is InChI=1S/C16H28N4/c1-19(2)16(7-3-4-8-16)12-20-13-18-11-15(20)14-5-9-17-10-6-14/h11,13-14,17H,3-10,12H2,1-2H3. The Hall–Kier alpha value is -0.870. The van der Waals surface area contributed by atoms with Crippen LogP contribution < -0.4 is 5.32 Å². The van der Waals surface area contributed by atoms with Crippen molar-refractivity contribution >= 4 is 0 Å². The van der Waals surface area contributed by atoms with Crippen molar-refractivity contribution in [3.05, 3.63) is 18.2 Å². The molecule has 0 amide bonds. The quantitative estimate of drug-likeness (QED) is 0.915. The molecule has 2 aliphatic rings. The van der Waals surface area contributed by atoms with Gasteiger partial charge in [0.1, 0.15) is 0 Å². The van der Waals surface area contributed by atoms with Crippen molar-refractivity contribution in [2.45, 2.75) is 56.5 Å². The van der Waals surface area contributed by atoms with Crippen molar-refractivity contribution in [2.75, 3.05) is 27.2 Å². The summed E-state index contributed by atoms with van der Waals surface area (Å²) in [6, 6.07) is 0. The van der Waals surface area contributed by atoms with Crippen molar-refractivity contribution < 1.29 is 0 Å². The lowest BCUT2D eigenvalue weighted by molar-refractivity contribution is 0.132. The average molecular weight is 276 g/mol. The molecule has 2 fully saturated rings. The van der Waals surface area contributed by atoms with E-state index in [4.69, 9.17) is 0 Å². The molecule has 1 aliphatic carbocycles. The molecule has 0 spiro atoms. The lowest BCUT2D eigenvalue weighted by atomic mass is 9.92. The van der Waals surface area contributed by atoms with Crippen LogP contribution in [0.3, 0.4) is 0 Å². The Morgan fingerprint density at radius 3 is 2.65 bits per heavy atom. The minimum Gasteiger partial charge on any atom is -0.332 e. The zero-order chi connectivity index (χ0) is 14.0. The van der Waals surface area contributed by atoms with E-state index < -0.39 is 0 Å². The van der Waals surface area contributed by atoms with Crippen LogP contribution in [0.2, 0.25) is 0 Å². The third-order valence-electron chi connectivity index (χ3n) is 5.45. The van der Waals surface area contributed by atoms with E-state index in [-0.39, 0.29) is 0 Å². The highest BCUT2D eigenvalue weighted by Gasteiger charge is 2.37. The Bertz CT molecular complexity index is 425. The number of aromatic nitrogens is 2. The third kappa shape index (κ3) is 2.63. The van der Waals surface area contributed by atoms with Crippen LogP contribution >= 0.6 is 0 Å². The molecular formula is C16H28N4. The van der Waals surface area contributed by atoms with Gasteiger partial charge >= 0.3 is 0 Å². The normalized spacial score (nSPS) is 23.6. The zero-order valence-corrected chi connectivity index (χ0v) is 12.9. The van der Waals surface area contributed by atoms with E-state index in [1.165, 1.54) is 44.2 Å². The first-order chi connectivity index (χ1) is 9.71. The monoisotopic (exact) mass is 276 g/mol. The fourth-order valence-corrected chi connectivity index (χ4v) is 4.02. The fraction of sp³-hybridized carbons (Fsp3) is 0.812. The number of imidazole rings is 1. The summed E-state index contributed by atoms with van der Waals surface area (Å²) < 4.78 is 2.45.